The molecular weight excluding hydrogens is 250 g/mol. The van der Waals surface area contributed by atoms with Crippen LogP contribution in [-0.2, 0) is 6.54 Å². The number of fused-ring (bicyclic) bond motifs is 1. The van der Waals surface area contributed by atoms with Crippen LogP contribution >= 0.6 is 11.6 Å². The van der Waals surface area contributed by atoms with Crippen molar-refractivity contribution in [2.45, 2.75) is 46.2 Å². The topological polar surface area (TPSA) is 55.6 Å². The van der Waals surface area contributed by atoms with Crippen molar-refractivity contribution in [1.82, 2.24) is 19.5 Å². The molecule has 2 heterocycles. The fourth-order valence-electron chi connectivity index (χ4n) is 1.83. The lowest BCUT2D eigenvalue weighted by Crippen LogP contribution is -2.13. The molecule has 0 bridgehead atoms. The standard InChI is InChI=1S/C12H18ClN5/c1-4-5-6-18-7-14-10-9(18)11(15-8(2)3)17-12(13)16-10/h7-8H,4-6H2,1-3H3,(H,15,16,17). The van der Waals surface area contributed by atoms with Crippen LogP contribution in [-0.4, -0.2) is 25.6 Å². The third-order valence-electron chi connectivity index (χ3n) is 2.62. The average molecular weight is 268 g/mol. The number of anilines is 1. The van der Waals surface area contributed by atoms with Crippen molar-refractivity contribution in [3.8, 4) is 0 Å². The van der Waals surface area contributed by atoms with Gasteiger partial charge in [0.1, 0.15) is 5.52 Å². The van der Waals surface area contributed by atoms with E-state index >= 15 is 0 Å². The molecule has 0 aromatic carbocycles. The van der Waals surface area contributed by atoms with Gasteiger partial charge in [-0.15, -0.1) is 0 Å². The number of nitrogens with zero attached hydrogens (tertiary/aromatic N) is 4. The van der Waals surface area contributed by atoms with Crippen LogP contribution in [0.3, 0.4) is 0 Å². The lowest BCUT2D eigenvalue weighted by molar-refractivity contribution is 0.645. The Morgan fingerprint density at radius 1 is 1.39 bits per heavy atom. The highest BCUT2D eigenvalue weighted by Gasteiger charge is 2.13. The highest BCUT2D eigenvalue weighted by atomic mass is 35.5. The molecule has 2 aromatic heterocycles. The second kappa shape index (κ2) is 5.52. The van der Waals surface area contributed by atoms with Crippen LogP contribution in [0.4, 0.5) is 5.82 Å². The summed E-state index contributed by atoms with van der Waals surface area (Å²) in [7, 11) is 0. The molecule has 98 valence electrons. The van der Waals surface area contributed by atoms with Crippen LogP contribution in [0.2, 0.25) is 5.28 Å². The van der Waals surface area contributed by atoms with Crippen LogP contribution in [0, 0.1) is 0 Å². The van der Waals surface area contributed by atoms with E-state index in [4.69, 9.17) is 11.6 Å². The molecule has 0 radical (unpaired) electrons. The number of aryl methyl sites for hydroxylation is 1. The third-order valence-corrected chi connectivity index (χ3v) is 2.79. The van der Waals surface area contributed by atoms with E-state index in [1.807, 2.05) is 0 Å². The first-order chi connectivity index (χ1) is 8.61. The van der Waals surface area contributed by atoms with Crippen molar-refractivity contribution in [3.05, 3.63) is 11.6 Å². The van der Waals surface area contributed by atoms with E-state index < -0.39 is 0 Å². The first-order valence-electron chi connectivity index (χ1n) is 6.26. The number of nitrogens with one attached hydrogen (secondary N) is 1. The highest BCUT2D eigenvalue weighted by Crippen LogP contribution is 2.22. The SMILES string of the molecule is CCCCn1cnc2nc(Cl)nc(NC(C)C)c21. The molecule has 0 aliphatic rings. The fraction of sp³-hybridized carbons (Fsp3) is 0.583. The minimum atomic E-state index is 0.228. The zero-order valence-electron chi connectivity index (χ0n) is 10.9. The summed E-state index contributed by atoms with van der Waals surface area (Å²) in [5.41, 5.74) is 1.58. The van der Waals surface area contributed by atoms with Gasteiger partial charge >= 0.3 is 0 Å². The minimum absolute atomic E-state index is 0.228. The maximum atomic E-state index is 5.91. The lowest BCUT2D eigenvalue weighted by atomic mass is 10.3. The monoisotopic (exact) mass is 267 g/mol. The van der Waals surface area contributed by atoms with Gasteiger partial charge in [-0.2, -0.15) is 9.97 Å². The van der Waals surface area contributed by atoms with Gasteiger partial charge < -0.3 is 9.88 Å². The Balaban J connectivity index is 2.47. The van der Waals surface area contributed by atoms with E-state index in [-0.39, 0.29) is 11.3 Å². The lowest BCUT2D eigenvalue weighted by Gasteiger charge is -2.12. The van der Waals surface area contributed by atoms with Gasteiger partial charge in [0.2, 0.25) is 5.28 Å². The van der Waals surface area contributed by atoms with E-state index in [9.17, 15) is 0 Å². The maximum absolute atomic E-state index is 5.91. The van der Waals surface area contributed by atoms with Crippen molar-refractivity contribution >= 4 is 28.6 Å². The van der Waals surface area contributed by atoms with Crippen LogP contribution in [0.1, 0.15) is 33.6 Å². The van der Waals surface area contributed by atoms with Crippen LogP contribution < -0.4 is 5.32 Å². The summed E-state index contributed by atoms with van der Waals surface area (Å²) in [6, 6.07) is 0.286. The summed E-state index contributed by atoms with van der Waals surface area (Å²) >= 11 is 5.91. The molecule has 5 nitrogen and oxygen atoms in total. The van der Waals surface area contributed by atoms with Gasteiger partial charge in [0.15, 0.2) is 11.5 Å². The number of imidazole rings is 1. The van der Waals surface area contributed by atoms with Crippen LogP contribution in [0.5, 0.6) is 0 Å². The number of hydrogen-bond donors (Lipinski definition) is 1. The number of aromatic nitrogens is 4. The Labute approximate surface area is 112 Å². The molecule has 2 rings (SSSR count). The Kier molecular flexibility index (Phi) is 4.01. The Morgan fingerprint density at radius 3 is 2.83 bits per heavy atom. The largest absolute Gasteiger partial charge is 0.366 e. The smallest absolute Gasteiger partial charge is 0.226 e. The van der Waals surface area contributed by atoms with Gasteiger partial charge in [-0.05, 0) is 31.9 Å². The van der Waals surface area contributed by atoms with Crippen molar-refractivity contribution in [1.29, 1.82) is 0 Å². The molecule has 6 heteroatoms. The maximum Gasteiger partial charge on any atom is 0.226 e. The molecule has 0 saturated carbocycles. The van der Waals surface area contributed by atoms with E-state index in [1.54, 1.807) is 6.33 Å². The molecule has 0 aliphatic carbocycles. The number of hydrogen-bond acceptors (Lipinski definition) is 4. The molecular formula is C12H18ClN5. The summed E-state index contributed by atoms with van der Waals surface area (Å²) in [5, 5.41) is 3.52. The number of rotatable bonds is 5. The summed E-state index contributed by atoms with van der Waals surface area (Å²) in [6.45, 7) is 7.22. The number of halogens is 1. The number of unbranched alkanes of at least 4 members (excludes halogenated alkanes) is 1. The normalized spacial score (nSPS) is 11.4. The van der Waals surface area contributed by atoms with Crippen LogP contribution in [0.15, 0.2) is 6.33 Å². The van der Waals surface area contributed by atoms with Crippen molar-refractivity contribution in [2.75, 3.05) is 5.32 Å². The molecule has 0 spiro atoms. The minimum Gasteiger partial charge on any atom is -0.366 e. The van der Waals surface area contributed by atoms with Crippen LogP contribution in [0.25, 0.3) is 11.2 Å². The second-order valence-electron chi connectivity index (χ2n) is 4.60. The third kappa shape index (κ3) is 2.72. The molecule has 0 saturated heterocycles. The van der Waals surface area contributed by atoms with E-state index in [0.29, 0.717) is 5.65 Å². The quantitative estimate of drug-likeness (QED) is 0.846. The van der Waals surface area contributed by atoms with Gasteiger partial charge in [-0.1, -0.05) is 13.3 Å². The molecule has 18 heavy (non-hydrogen) atoms. The summed E-state index contributed by atoms with van der Waals surface area (Å²) in [4.78, 5) is 12.7. The molecule has 1 N–H and O–H groups in total. The Hall–Kier alpha value is -1.36. The van der Waals surface area contributed by atoms with Gasteiger partial charge in [-0.3, -0.25) is 0 Å². The molecule has 0 unspecified atom stereocenters. The van der Waals surface area contributed by atoms with E-state index in [2.05, 4.69) is 45.6 Å². The average Bonchev–Trinajstić information content (AvgIpc) is 2.68. The van der Waals surface area contributed by atoms with Gasteiger partial charge in [-0.25, -0.2) is 4.98 Å². The molecule has 0 amide bonds. The zero-order valence-corrected chi connectivity index (χ0v) is 11.7. The Bertz CT molecular complexity index is 534. The summed E-state index contributed by atoms with van der Waals surface area (Å²) in [5.74, 6) is 0.758. The first kappa shape index (κ1) is 13.1. The van der Waals surface area contributed by atoms with Crippen molar-refractivity contribution in [2.24, 2.45) is 0 Å². The van der Waals surface area contributed by atoms with Gasteiger partial charge in [0, 0.05) is 12.6 Å². The first-order valence-corrected chi connectivity index (χ1v) is 6.64. The molecule has 0 aliphatic heterocycles. The molecule has 0 atom stereocenters. The summed E-state index contributed by atoms with van der Waals surface area (Å²) in [6.07, 6.45) is 4.05. The van der Waals surface area contributed by atoms with Crippen molar-refractivity contribution in [3.63, 3.8) is 0 Å². The van der Waals surface area contributed by atoms with Gasteiger partial charge in [0.25, 0.3) is 0 Å². The second-order valence-corrected chi connectivity index (χ2v) is 4.94. The fourth-order valence-corrected chi connectivity index (χ4v) is 1.99. The van der Waals surface area contributed by atoms with E-state index in [1.165, 1.54) is 0 Å². The predicted molar refractivity (Wildman–Crippen MR) is 74.0 cm³/mol. The zero-order chi connectivity index (χ0) is 13.1. The summed E-state index contributed by atoms with van der Waals surface area (Å²) < 4.78 is 2.08. The molecule has 0 fully saturated rings. The van der Waals surface area contributed by atoms with Crippen molar-refractivity contribution < 1.29 is 0 Å². The van der Waals surface area contributed by atoms with Gasteiger partial charge in [0.05, 0.1) is 6.33 Å². The Morgan fingerprint density at radius 2 is 2.17 bits per heavy atom. The highest BCUT2D eigenvalue weighted by molar-refractivity contribution is 6.28. The predicted octanol–water partition coefficient (Wildman–Crippen LogP) is 3.10. The van der Waals surface area contributed by atoms with E-state index in [0.717, 1.165) is 30.7 Å². The molecule has 2 aromatic rings.